The summed E-state index contributed by atoms with van der Waals surface area (Å²) in [5.41, 5.74) is 1.20. The van der Waals surface area contributed by atoms with E-state index >= 15 is 0 Å². The quantitative estimate of drug-likeness (QED) is 0.850. The van der Waals surface area contributed by atoms with Gasteiger partial charge in [0.2, 0.25) is 0 Å². The van der Waals surface area contributed by atoms with Crippen molar-refractivity contribution >= 4 is 11.6 Å². The lowest BCUT2D eigenvalue weighted by molar-refractivity contribution is 0.0407. The van der Waals surface area contributed by atoms with Crippen LogP contribution in [0.25, 0.3) is 0 Å². The van der Waals surface area contributed by atoms with Crippen molar-refractivity contribution in [3.63, 3.8) is 0 Å². The molecule has 0 spiro atoms. The van der Waals surface area contributed by atoms with Crippen molar-refractivity contribution in [3.05, 3.63) is 42.5 Å². The number of rotatable bonds is 4. The van der Waals surface area contributed by atoms with Crippen LogP contribution in [0.2, 0.25) is 0 Å². The van der Waals surface area contributed by atoms with E-state index in [0.717, 1.165) is 31.1 Å². The Hall–Kier alpha value is -2.21. The van der Waals surface area contributed by atoms with E-state index < -0.39 is 0 Å². The molecule has 0 saturated carbocycles. The molecule has 1 saturated heterocycles. The van der Waals surface area contributed by atoms with Gasteiger partial charge in [-0.1, -0.05) is 6.07 Å². The summed E-state index contributed by atoms with van der Waals surface area (Å²) in [6, 6.07) is 6.07. The first-order valence-corrected chi connectivity index (χ1v) is 7.47. The highest BCUT2D eigenvalue weighted by molar-refractivity contribution is 5.49. The standard InChI is InChI=1S/C16H21N5O/c1-20(2)15-9-16(19-12-18-15)21-6-7-22-14(11-21)8-13-4-3-5-17-10-13/h3-5,9-10,12,14H,6-8,11H2,1-2H3. The second kappa shape index (κ2) is 6.70. The number of pyridine rings is 1. The Balaban J connectivity index is 1.69. The second-order valence-corrected chi connectivity index (χ2v) is 5.63. The highest BCUT2D eigenvalue weighted by Crippen LogP contribution is 2.20. The Morgan fingerprint density at radius 3 is 3.05 bits per heavy atom. The summed E-state index contributed by atoms with van der Waals surface area (Å²) in [7, 11) is 3.97. The summed E-state index contributed by atoms with van der Waals surface area (Å²) in [4.78, 5) is 17.1. The Morgan fingerprint density at radius 1 is 1.36 bits per heavy atom. The molecule has 0 bridgehead atoms. The van der Waals surface area contributed by atoms with Crippen molar-refractivity contribution in [3.8, 4) is 0 Å². The minimum Gasteiger partial charge on any atom is -0.374 e. The third-order valence-corrected chi connectivity index (χ3v) is 3.75. The zero-order valence-corrected chi connectivity index (χ0v) is 13.0. The van der Waals surface area contributed by atoms with Crippen LogP contribution in [0, 0.1) is 0 Å². The fourth-order valence-electron chi connectivity index (χ4n) is 2.59. The first kappa shape index (κ1) is 14.7. The number of morpholine rings is 1. The molecular formula is C16H21N5O. The van der Waals surface area contributed by atoms with E-state index in [0.29, 0.717) is 6.61 Å². The topological polar surface area (TPSA) is 54.4 Å². The first-order valence-electron chi connectivity index (χ1n) is 7.47. The van der Waals surface area contributed by atoms with Crippen molar-refractivity contribution in [1.82, 2.24) is 15.0 Å². The zero-order valence-electron chi connectivity index (χ0n) is 13.0. The van der Waals surface area contributed by atoms with Gasteiger partial charge in [0, 0.05) is 52.1 Å². The van der Waals surface area contributed by atoms with Gasteiger partial charge >= 0.3 is 0 Å². The molecular weight excluding hydrogens is 278 g/mol. The zero-order chi connectivity index (χ0) is 15.4. The normalized spacial score (nSPS) is 18.3. The molecule has 0 aliphatic carbocycles. The summed E-state index contributed by atoms with van der Waals surface area (Å²) < 4.78 is 5.89. The maximum atomic E-state index is 5.89. The SMILES string of the molecule is CN(C)c1cc(N2CCOC(Cc3cccnc3)C2)ncn1. The molecule has 3 rings (SSSR count). The second-order valence-electron chi connectivity index (χ2n) is 5.63. The van der Waals surface area contributed by atoms with E-state index in [1.54, 1.807) is 12.5 Å². The molecule has 6 nitrogen and oxygen atoms in total. The van der Waals surface area contributed by atoms with E-state index in [9.17, 15) is 0 Å². The van der Waals surface area contributed by atoms with Gasteiger partial charge in [-0.3, -0.25) is 4.98 Å². The maximum absolute atomic E-state index is 5.89. The predicted octanol–water partition coefficient (Wildman–Crippen LogP) is 1.39. The van der Waals surface area contributed by atoms with Gasteiger partial charge in [-0.2, -0.15) is 0 Å². The number of hydrogen-bond donors (Lipinski definition) is 0. The van der Waals surface area contributed by atoms with E-state index in [4.69, 9.17) is 4.74 Å². The molecule has 3 heterocycles. The van der Waals surface area contributed by atoms with Gasteiger partial charge in [0.25, 0.3) is 0 Å². The third kappa shape index (κ3) is 3.51. The summed E-state index contributed by atoms with van der Waals surface area (Å²) in [6.07, 6.45) is 6.35. The van der Waals surface area contributed by atoms with Crippen LogP contribution in [0.5, 0.6) is 0 Å². The fraction of sp³-hybridized carbons (Fsp3) is 0.438. The molecule has 1 unspecified atom stereocenters. The molecule has 2 aromatic rings. The summed E-state index contributed by atoms with van der Waals surface area (Å²) in [6.45, 7) is 2.40. The van der Waals surface area contributed by atoms with Crippen LogP contribution in [0.15, 0.2) is 36.9 Å². The molecule has 6 heteroatoms. The molecule has 22 heavy (non-hydrogen) atoms. The van der Waals surface area contributed by atoms with E-state index in [1.165, 1.54) is 5.56 Å². The van der Waals surface area contributed by atoms with Crippen LogP contribution < -0.4 is 9.80 Å². The number of aromatic nitrogens is 3. The molecule has 0 radical (unpaired) electrons. The number of ether oxygens (including phenoxy) is 1. The van der Waals surface area contributed by atoms with Crippen molar-refractivity contribution in [2.24, 2.45) is 0 Å². The van der Waals surface area contributed by atoms with E-state index in [2.05, 4.69) is 25.9 Å². The van der Waals surface area contributed by atoms with Gasteiger partial charge in [0.15, 0.2) is 0 Å². The van der Waals surface area contributed by atoms with Gasteiger partial charge in [-0.15, -0.1) is 0 Å². The number of nitrogens with zero attached hydrogens (tertiary/aromatic N) is 5. The molecule has 0 amide bonds. The van der Waals surface area contributed by atoms with Gasteiger partial charge < -0.3 is 14.5 Å². The van der Waals surface area contributed by atoms with Crippen LogP contribution in [0.1, 0.15) is 5.56 Å². The van der Waals surface area contributed by atoms with Crippen molar-refractivity contribution < 1.29 is 4.74 Å². The van der Waals surface area contributed by atoms with Crippen LogP contribution in [0.4, 0.5) is 11.6 Å². The van der Waals surface area contributed by atoms with E-state index in [1.807, 2.05) is 37.3 Å². The van der Waals surface area contributed by atoms with Gasteiger partial charge in [0.05, 0.1) is 12.7 Å². The third-order valence-electron chi connectivity index (χ3n) is 3.75. The van der Waals surface area contributed by atoms with Crippen molar-refractivity contribution in [1.29, 1.82) is 0 Å². The van der Waals surface area contributed by atoms with Gasteiger partial charge in [0.1, 0.15) is 18.0 Å². The Labute approximate surface area is 130 Å². The number of hydrogen-bond acceptors (Lipinski definition) is 6. The highest BCUT2D eigenvalue weighted by atomic mass is 16.5. The van der Waals surface area contributed by atoms with Crippen LogP contribution in [-0.2, 0) is 11.2 Å². The lowest BCUT2D eigenvalue weighted by Crippen LogP contribution is -2.43. The highest BCUT2D eigenvalue weighted by Gasteiger charge is 2.22. The summed E-state index contributed by atoms with van der Waals surface area (Å²) in [5, 5.41) is 0. The van der Waals surface area contributed by atoms with Crippen LogP contribution >= 0.6 is 0 Å². The largest absolute Gasteiger partial charge is 0.374 e. The average Bonchev–Trinajstić information content (AvgIpc) is 2.56. The van der Waals surface area contributed by atoms with E-state index in [-0.39, 0.29) is 6.10 Å². The summed E-state index contributed by atoms with van der Waals surface area (Å²) >= 11 is 0. The lowest BCUT2D eigenvalue weighted by Gasteiger charge is -2.34. The van der Waals surface area contributed by atoms with Crippen molar-refractivity contribution in [2.75, 3.05) is 43.6 Å². The molecule has 1 aliphatic rings. The molecule has 2 aromatic heterocycles. The minimum absolute atomic E-state index is 0.163. The average molecular weight is 299 g/mol. The maximum Gasteiger partial charge on any atom is 0.134 e. The smallest absolute Gasteiger partial charge is 0.134 e. The fourth-order valence-corrected chi connectivity index (χ4v) is 2.59. The molecule has 116 valence electrons. The van der Waals surface area contributed by atoms with Gasteiger partial charge in [-0.05, 0) is 11.6 Å². The monoisotopic (exact) mass is 299 g/mol. The summed E-state index contributed by atoms with van der Waals surface area (Å²) in [5.74, 6) is 1.87. The first-order chi connectivity index (χ1) is 10.7. The van der Waals surface area contributed by atoms with Gasteiger partial charge in [-0.25, -0.2) is 9.97 Å². The minimum atomic E-state index is 0.163. The lowest BCUT2D eigenvalue weighted by atomic mass is 10.1. The molecule has 0 aromatic carbocycles. The predicted molar refractivity (Wildman–Crippen MR) is 86.3 cm³/mol. The number of anilines is 2. The Kier molecular flexibility index (Phi) is 4.48. The van der Waals surface area contributed by atoms with Crippen LogP contribution in [-0.4, -0.2) is 54.8 Å². The molecule has 1 fully saturated rings. The molecule has 1 atom stereocenters. The molecule has 1 aliphatic heterocycles. The Morgan fingerprint density at radius 2 is 2.27 bits per heavy atom. The Bertz CT molecular complexity index is 604. The molecule has 0 N–H and O–H groups in total. The van der Waals surface area contributed by atoms with Crippen molar-refractivity contribution in [2.45, 2.75) is 12.5 Å². The van der Waals surface area contributed by atoms with Crippen LogP contribution in [0.3, 0.4) is 0 Å².